The summed E-state index contributed by atoms with van der Waals surface area (Å²) < 4.78 is 19.0. The number of para-hydroxylation sites is 3. The summed E-state index contributed by atoms with van der Waals surface area (Å²) in [4.78, 5) is 9.69. The normalized spacial score (nSPS) is 10.9. The fourth-order valence-electron chi connectivity index (χ4n) is 3.06. The van der Waals surface area contributed by atoms with Crippen LogP contribution in [0, 0.1) is 5.82 Å². The number of rotatable bonds is 6. The number of hydrogen-bond donors (Lipinski definition) is 0. The Balaban J connectivity index is 1.69. The second-order valence-electron chi connectivity index (χ2n) is 6.37. The maximum atomic E-state index is 13.5. The zero-order chi connectivity index (χ0) is 19.3. The lowest BCUT2D eigenvalue weighted by molar-refractivity contribution is 0.410. The highest BCUT2D eigenvalue weighted by Crippen LogP contribution is 2.29. The number of nitrogens with zero attached hydrogens (tertiary/aromatic N) is 2. The monoisotopic (exact) mass is 390 g/mol. The van der Waals surface area contributed by atoms with E-state index in [2.05, 4.69) is 0 Å². The topological polar surface area (TPSA) is 35.0 Å². The third-order valence-electron chi connectivity index (χ3n) is 4.42. The van der Waals surface area contributed by atoms with Crippen LogP contribution in [-0.4, -0.2) is 17.1 Å². The van der Waals surface area contributed by atoms with E-state index in [1.54, 1.807) is 31.0 Å². The first-order valence-electron chi connectivity index (χ1n) is 8.98. The van der Waals surface area contributed by atoms with Crippen molar-refractivity contribution in [1.82, 2.24) is 9.97 Å². The lowest BCUT2D eigenvalue weighted by Crippen LogP contribution is -2.01. The van der Waals surface area contributed by atoms with Gasteiger partial charge in [-0.25, -0.2) is 14.4 Å². The molecule has 0 radical (unpaired) electrons. The van der Waals surface area contributed by atoms with Crippen LogP contribution in [0.5, 0.6) is 5.75 Å². The summed E-state index contributed by atoms with van der Waals surface area (Å²) >= 11 is 1.58. The van der Waals surface area contributed by atoms with Gasteiger partial charge in [-0.3, -0.25) is 0 Å². The van der Waals surface area contributed by atoms with E-state index in [9.17, 15) is 4.39 Å². The van der Waals surface area contributed by atoms with Gasteiger partial charge in [0.25, 0.3) is 0 Å². The fraction of sp³-hybridized carbons (Fsp3) is 0.130. The Bertz CT molecular complexity index is 1120. The van der Waals surface area contributed by atoms with Crippen molar-refractivity contribution in [2.45, 2.75) is 17.2 Å². The Hall–Kier alpha value is -2.92. The number of benzene rings is 3. The highest BCUT2D eigenvalue weighted by Gasteiger charge is 2.13. The number of methoxy groups -OCH3 is 1. The molecule has 3 aromatic carbocycles. The van der Waals surface area contributed by atoms with Gasteiger partial charge >= 0.3 is 0 Å². The molecule has 0 fully saturated rings. The second-order valence-corrected chi connectivity index (χ2v) is 7.34. The quantitative estimate of drug-likeness (QED) is 0.398. The molecule has 140 valence electrons. The SMILES string of the molecule is COc1ccccc1Cc1nc2ccccc2nc1SCc1cccc(F)c1. The van der Waals surface area contributed by atoms with Gasteiger partial charge < -0.3 is 4.74 Å². The number of hydrogen-bond acceptors (Lipinski definition) is 4. The van der Waals surface area contributed by atoms with E-state index in [0.717, 1.165) is 38.6 Å². The Morgan fingerprint density at radius 1 is 0.893 bits per heavy atom. The minimum absolute atomic E-state index is 0.225. The third-order valence-corrected chi connectivity index (χ3v) is 5.50. The Morgan fingerprint density at radius 2 is 1.64 bits per heavy atom. The van der Waals surface area contributed by atoms with Crippen LogP contribution in [0.4, 0.5) is 4.39 Å². The van der Waals surface area contributed by atoms with Crippen molar-refractivity contribution in [3.05, 3.63) is 95.4 Å². The maximum Gasteiger partial charge on any atom is 0.123 e. The van der Waals surface area contributed by atoms with Crippen molar-refractivity contribution in [3.63, 3.8) is 0 Å². The second kappa shape index (κ2) is 8.40. The number of ether oxygens (including phenoxy) is 1. The molecule has 0 N–H and O–H groups in total. The van der Waals surface area contributed by atoms with Crippen LogP contribution < -0.4 is 4.74 Å². The van der Waals surface area contributed by atoms with Gasteiger partial charge in [-0.15, -0.1) is 0 Å². The first kappa shape index (κ1) is 18.4. The number of aromatic nitrogens is 2. The maximum absolute atomic E-state index is 13.5. The smallest absolute Gasteiger partial charge is 0.123 e. The summed E-state index contributed by atoms with van der Waals surface area (Å²) in [6, 6.07) is 22.4. The molecule has 1 heterocycles. The summed E-state index contributed by atoms with van der Waals surface area (Å²) in [6.07, 6.45) is 0.618. The minimum Gasteiger partial charge on any atom is -0.496 e. The van der Waals surface area contributed by atoms with E-state index in [1.807, 2.05) is 54.6 Å². The standard InChI is InChI=1S/C23H19FN2OS/c1-27-22-12-5-2-8-17(22)14-21-23(26-20-11-4-3-10-19(20)25-21)28-15-16-7-6-9-18(24)13-16/h2-13H,14-15H2,1H3. The predicted molar refractivity (Wildman–Crippen MR) is 111 cm³/mol. The van der Waals surface area contributed by atoms with Crippen molar-refractivity contribution in [2.24, 2.45) is 0 Å². The van der Waals surface area contributed by atoms with Gasteiger partial charge in [0.05, 0.1) is 23.8 Å². The summed E-state index contributed by atoms with van der Waals surface area (Å²) in [5, 5.41) is 0.855. The van der Waals surface area contributed by atoms with Crippen LogP contribution in [0.25, 0.3) is 11.0 Å². The lowest BCUT2D eigenvalue weighted by Gasteiger charge is -2.12. The molecule has 0 spiro atoms. The molecule has 0 unspecified atom stereocenters. The molecular weight excluding hydrogens is 371 g/mol. The molecule has 0 saturated heterocycles. The molecule has 0 saturated carbocycles. The van der Waals surface area contributed by atoms with Gasteiger partial charge in [-0.05, 0) is 35.9 Å². The van der Waals surface area contributed by atoms with Crippen molar-refractivity contribution in [2.75, 3.05) is 7.11 Å². The van der Waals surface area contributed by atoms with E-state index >= 15 is 0 Å². The zero-order valence-electron chi connectivity index (χ0n) is 15.4. The van der Waals surface area contributed by atoms with Crippen LogP contribution in [0.1, 0.15) is 16.8 Å². The van der Waals surface area contributed by atoms with Gasteiger partial charge in [0, 0.05) is 17.7 Å². The molecule has 0 aliphatic rings. The first-order chi connectivity index (χ1) is 13.7. The van der Waals surface area contributed by atoms with Gasteiger partial charge in [0.15, 0.2) is 0 Å². The summed E-state index contributed by atoms with van der Waals surface area (Å²) in [5.74, 6) is 1.24. The lowest BCUT2D eigenvalue weighted by atomic mass is 10.1. The van der Waals surface area contributed by atoms with E-state index < -0.39 is 0 Å². The van der Waals surface area contributed by atoms with Crippen molar-refractivity contribution >= 4 is 22.8 Å². The van der Waals surface area contributed by atoms with E-state index in [4.69, 9.17) is 14.7 Å². The van der Waals surface area contributed by atoms with Crippen LogP contribution in [0.15, 0.2) is 77.8 Å². The summed E-state index contributed by atoms with van der Waals surface area (Å²) in [5.41, 5.74) is 4.59. The molecule has 0 aliphatic heterocycles. The average Bonchev–Trinajstić information content (AvgIpc) is 2.72. The highest BCUT2D eigenvalue weighted by atomic mass is 32.2. The molecule has 0 bridgehead atoms. The van der Waals surface area contributed by atoms with Gasteiger partial charge in [-0.2, -0.15) is 0 Å². The van der Waals surface area contributed by atoms with Crippen molar-refractivity contribution < 1.29 is 9.13 Å². The first-order valence-corrected chi connectivity index (χ1v) is 9.96. The van der Waals surface area contributed by atoms with Crippen LogP contribution in [0.2, 0.25) is 0 Å². The van der Waals surface area contributed by atoms with Crippen LogP contribution in [0.3, 0.4) is 0 Å². The molecular formula is C23H19FN2OS. The number of thioether (sulfide) groups is 1. The molecule has 28 heavy (non-hydrogen) atoms. The minimum atomic E-state index is -0.225. The fourth-order valence-corrected chi connectivity index (χ4v) is 3.99. The van der Waals surface area contributed by atoms with E-state index in [-0.39, 0.29) is 5.82 Å². The Kier molecular flexibility index (Phi) is 5.53. The molecule has 0 aliphatic carbocycles. The van der Waals surface area contributed by atoms with Crippen LogP contribution >= 0.6 is 11.8 Å². The van der Waals surface area contributed by atoms with Crippen LogP contribution in [-0.2, 0) is 12.2 Å². The highest BCUT2D eigenvalue weighted by molar-refractivity contribution is 7.98. The molecule has 1 aromatic heterocycles. The molecule has 3 nitrogen and oxygen atoms in total. The molecule has 4 rings (SSSR count). The average molecular weight is 390 g/mol. The van der Waals surface area contributed by atoms with Crippen molar-refractivity contribution in [1.29, 1.82) is 0 Å². The predicted octanol–water partition coefficient (Wildman–Crippen LogP) is 5.66. The molecule has 0 amide bonds. The van der Waals surface area contributed by atoms with Gasteiger partial charge in [0.1, 0.15) is 16.6 Å². The van der Waals surface area contributed by atoms with Gasteiger partial charge in [-0.1, -0.05) is 54.2 Å². The third kappa shape index (κ3) is 4.15. The number of halogens is 1. The summed E-state index contributed by atoms with van der Waals surface area (Å²) in [7, 11) is 1.67. The number of fused-ring (bicyclic) bond motifs is 1. The van der Waals surface area contributed by atoms with Crippen molar-refractivity contribution in [3.8, 4) is 5.75 Å². The molecule has 5 heteroatoms. The summed E-state index contributed by atoms with van der Waals surface area (Å²) in [6.45, 7) is 0. The van der Waals surface area contributed by atoms with E-state index in [1.165, 1.54) is 6.07 Å². The Labute approximate surface area is 167 Å². The van der Waals surface area contributed by atoms with E-state index in [0.29, 0.717) is 12.2 Å². The zero-order valence-corrected chi connectivity index (χ0v) is 16.2. The van der Waals surface area contributed by atoms with Gasteiger partial charge in [0.2, 0.25) is 0 Å². The molecule has 0 atom stereocenters. The molecule has 4 aromatic rings. The largest absolute Gasteiger partial charge is 0.496 e. The Morgan fingerprint density at radius 3 is 2.43 bits per heavy atom.